The zero-order valence-electron chi connectivity index (χ0n) is 16.1. The van der Waals surface area contributed by atoms with Crippen molar-refractivity contribution in [2.24, 2.45) is 29.6 Å². The molecule has 2 aliphatic heterocycles. The molecule has 2 saturated carbocycles. The summed E-state index contributed by atoms with van der Waals surface area (Å²) in [4.78, 5) is 54.1. The number of phenolic OH excluding ortho intramolecular Hbond substituents is 1. The van der Waals surface area contributed by atoms with Crippen LogP contribution in [-0.2, 0) is 14.4 Å². The van der Waals surface area contributed by atoms with Gasteiger partial charge in [-0.1, -0.05) is 23.5 Å². The summed E-state index contributed by atoms with van der Waals surface area (Å²) in [6.07, 6.45) is 0.754. The van der Waals surface area contributed by atoms with Gasteiger partial charge in [-0.2, -0.15) is 0 Å². The van der Waals surface area contributed by atoms with E-state index in [4.69, 9.17) is 5.11 Å². The van der Waals surface area contributed by atoms with E-state index in [1.807, 2.05) is 12.1 Å². The minimum Gasteiger partial charge on any atom is -0.508 e. The number of hydrogen-bond acceptors (Lipinski definition) is 7. The molecule has 1 saturated heterocycles. The number of hydrogen-bond donors (Lipinski definition) is 3. The second-order valence-corrected chi connectivity index (χ2v) is 10.9. The van der Waals surface area contributed by atoms with E-state index >= 15 is 0 Å². The van der Waals surface area contributed by atoms with Crippen LogP contribution in [0.5, 0.6) is 5.75 Å². The molecule has 2 aromatic rings. The minimum atomic E-state index is -1.19. The number of rotatable bonds is 3. The third-order valence-corrected chi connectivity index (χ3v) is 9.95. The number of phenols is 1. The van der Waals surface area contributed by atoms with E-state index in [0.717, 1.165) is 26.8 Å². The highest BCUT2D eigenvalue weighted by Crippen LogP contribution is 2.68. The van der Waals surface area contributed by atoms with Gasteiger partial charge in [-0.3, -0.25) is 24.1 Å². The van der Waals surface area contributed by atoms with Crippen molar-refractivity contribution in [2.75, 3.05) is 6.54 Å². The number of aliphatic carboxylic acids is 1. The number of fused-ring (bicyclic) bond motifs is 9. The Morgan fingerprint density at radius 1 is 1.10 bits per heavy atom. The minimum absolute atomic E-state index is 0.0311. The molecule has 8 nitrogen and oxygen atoms in total. The number of carbonyl (C=O) groups excluding carboxylic acids is 2. The Morgan fingerprint density at radius 2 is 1.77 bits per heavy atom. The first kappa shape index (κ1) is 19.1. The molecular weight excluding hydrogens is 440 g/mol. The summed E-state index contributed by atoms with van der Waals surface area (Å²) in [5, 5.41) is 19.8. The maximum absolute atomic E-state index is 13.1. The lowest BCUT2D eigenvalue weighted by atomic mass is 9.68. The van der Waals surface area contributed by atoms with Gasteiger partial charge in [0.05, 0.1) is 16.9 Å². The molecule has 0 spiro atoms. The van der Waals surface area contributed by atoms with Crippen LogP contribution < -0.4 is 4.87 Å². The Labute approximate surface area is 184 Å². The highest BCUT2D eigenvalue weighted by Gasteiger charge is 2.69. The second kappa shape index (κ2) is 6.46. The predicted octanol–water partition coefficient (Wildman–Crippen LogP) is 1.70. The standard InChI is InChI=1S/C21H18N2O6S2/c24-8-3-1-7(2-4-8)12-13-9-5-10(16(13)30-18-17(12)31-21(29)22-18)15-14(9)19(27)23(20(15)28)6-11(25)26/h1-4,9-10,12-16,24H,5-6H2,(H,22,29)(H,25,26)/t9-,10+,12+,13+,14+,15+,16-/m0/s1. The van der Waals surface area contributed by atoms with Gasteiger partial charge in [0.1, 0.15) is 12.3 Å². The number of amides is 2. The fourth-order valence-electron chi connectivity index (χ4n) is 6.42. The highest BCUT2D eigenvalue weighted by atomic mass is 32.2. The molecule has 3 heterocycles. The van der Waals surface area contributed by atoms with Crippen molar-refractivity contribution >= 4 is 40.9 Å². The van der Waals surface area contributed by atoms with E-state index in [9.17, 15) is 24.3 Å². The van der Waals surface area contributed by atoms with Gasteiger partial charge in [0.2, 0.25) is 11.8 Å². The molecule has 3 fully saturated rings. The number of nitrogens with zero attached hydrogens (tertiary/aromatic N) is 1. The van der Waals surface area contributed by atoms with Crippen molar-refractivity contribution in [1.82, 2.24) is 9.88 Å². The third kappa shape index (κ3) is 2.54. The average Bonchev–Trinajstić information content (AvgIpc) is 3.44. The third-order valence-electron chi connectivity index (χ3n) is 7.36. The molecule has 0 unspecified atom stereocenters. The van der Waals surface area contributed by atoms with Gasteiger partial charge in [-0.25, -0.2) is 0 Å². The molecule has 2 bridgehead atoms. The van der Waals surface area contributed by atoms with Crippen LogP contribution in [0.15, 0.2) is 34.1 Å². The van der Waals surface area contributed by atoms with Gasteiger partial charge in [-0.05, 0) is 41.9 Å². The Balaban J connectivity index is 1.45. The lowest BCUT2D eigenvalue weighted by Gasteiger charge is -2.43. The first-order chi connectivity index (χ1) is 14.8. The first-order valence-electron chi connectivity index (χ1n) is 10.1. The summed E-state index contributed by atoms with van der Waals surface area (Å²) in [7, 11) is 0. The largest absolute Gasteiger partial charge is 0.508 e. The summed E-state index contributed by atoms with van der Waals surface area (Å²) >= 11 is 2.76. The van der Waals surface area contributed by atoms with E-state index in [0.29, 0.717) is 0 Å². The number of nitrogens with one attached hydrogen (secondary N) is 1. The number of carbonyl (C=O) groups is 3. The lowest BCUT2D eigenvalue weighted by Crippen LogP contribution is -2.42. The normalized spacial score (nSPS) is 35.2. The van der Waals surface area contributed by atoms with E-state index in [1.54, 1.807) is 23.9 Å². The zero-order chi connectivity index (χ0) is 21.6. The topological polar surface area (TPSA) is 128 Å². The van der Waals surface area contributed by atoms with Crippen LogP contribution >= 0.6 is 23.1 Å². The number of carboxylic acids is 1. The molecule has 7 atom stereocenters. The Bertz CT molecular complexity index is 1190. The maximum Gasteiger partial charge on any atom is 0.323 e. The molecule has 0 radical (unpaired) electrons. The van der Waals surface area contributed by atoms with Crippen molar-refractivity contribution < 1.29 is 24.6 Å². The molecule has 10 heteroatoms. The molecule has 2 amide bonds. The van der Waals surface area contributed by atoms with Crippen LogP contribution in [0.3, 0.4) is 0 Å². The van der Waals surface area contributed by atoms with Gasteiger partial charge in [-0.15, -0.1) is 11.8 Å². The van der Waals surface area contributed by atoms with E-state index in [-0.39, 0.29) is 51.4 Å². The maximum atomic E-state index is 13.1. The SMILES string of the molecule is O=C(O)CN1C(=O)[C@@H]2[C@H]3C[C@@H]([C@@H]4Sc5[nH]c(=O)sc5[C@H](c5ccc(O)cc5)[C@@H]34)[C@H]2C1=O. The number of aromatic nitrogens is 1. The number of likely N-dealkylation sites (tertiary alicyclic amines) is 1. The summed E-state index contributed by atoms with van der Waals surface area (Å²) in [6.45, 7) is -0.589. The number of H-pyrrole nitrogens is 1. The van der Waals surface area contributed by atoms with Gasteiger partial charge >= 0.3 is 10.8 Å². The predicted molar refractivity (Wildman–Crippen MR) is 111 cm³/mol. The number of thiazole rings is 1. The molecule has 160 valence electrons. The summed E-state index contributed by atoms with van der Waals surface area (Å²) < 4.78 is 0. The number of aromatic hydroxyl groups is 1. The summed E-state index contributed by atoms with van der Waals surface area (Å²) in [5.41, 5.74) is 0.966. The van der Waals surface area contributed by atoms with Crippen LogP contribution in [0.1, 0.15) is 22.8 Å². The van der Waals surface area contributed by atoms with E-state index in [1.165, 1.54) is 11.3 Å². The van der Waals surface area contributed by atoms with Crippen molar-refractivity contribution in [2.45, 2.75) is 22.6 Å². The Hall–Kier alpha value is -2.59. The van der Waals surface area contributed by atoms with Gasteiger partial charge in [0, 0.05) is 16.0 Å². The van der Waals surface area contributed by atoms with Crippen molar-refractivity contribution in [3.63, 3.8) is 0 Å². The van der Waals surface area contributed by atoms with E-state index < -0.39 is 24.3 Å². The van der Waals surface area contributed by atoms with Gasteiger partial charge in [0.15, 0.2) is 0 Å². The molecule has 1 aromatic heterocycles. The molecule has 4 aliphatic rings. The lowest BCUT2D eigenvalue weighted by molar-refractivity contribution is -0.149. The van der Waals surface area contributed by atoms with Crippen molar-refractivity contribution in [3.05, 3.63) is 44.4 Å². The second-order valence-electron chi connectivity index (χ2n) is 8.71. The molecule has 6 rings (SSSR count). The van der Waals surface area contributed by atoms with Crippen LogP contribution in [0.2, 0.25) is 0 Å². The fraction of sp³-hybridized carbons (Fsp3) is 0.429. The quantitative estimate of drug-likeness (QED) is 0.597. The first-order valence-corrected chi connectivity index (χ1v) is 11.8. The van der Waals surface area contributed by atoms with Gasteiger partial charge in [0.25, 0.3) is 0 Å². The number of aromatic amines is 1. The fourth-order valence-corrected chi connectivity index (χ4v) is 9.31. The van der Waals surface area contributed by atoms with Crippen LogP contribution in [-0.4, -0.2) is 49.7 Å². The highest BCUT2D eigenvalue weighted by molar-refractivity contribution is 8.00. The summed E-state index contributed by atoms with van der Waals surface area (Å²) in [5.74, 6) is -2.87. The number of imide groups is 1. The average molecular weight is 459 g/mol. The zero-order valence-corrected chi connectivity index (χ0v) is 17.7. The van der Waals surface area contributed by atoms with Crippen LogP contribution in [0.25, 0.3) is 0 Å². The van der Waals surface area contributed by atoms with Crippen LogP contribution in [0, 0.1) is 29.6 Å². The van der Waals surface area contributed by atoms with Crippen LogP contribution in [0.4, 0.5) is 0 Å². The van der Waals surface area contributed by atoms with Crippen molar-refractivity contribution in [1.29, 1.82) is 0 Å². The van der Waals surface area contributed by atoms with Gasteiger partial charge < -0.3 is 15.2 Å². The number of benzene rings is 1. The monoisotopic (exact) mass is 458 g/mol. The molecule has 3 N–H and O–H groups in total. The molecular formula is C21H18N2O6S2. The Morgan fingerprint density at radius 3 is 2.45 bits per heavy atom. The molecule has 2 aliphatic carbocycles. The Kier molecular flexibility index (Phi) is 3.98. The number of thioether (sulfide) groups is 1. The number of carboxylic acid groups (broad SMARTS) is 1. The molecule has 1 aromatic carbocycles. The van der Waals surface area contributed by atoms with Crippen molar-refractivity contribution in [3.8, 4) is 5.75 Å². The van der Waals surface area contributed by atoms with E-state index in [2.05, 4.69) is 4.98 Å². The summed E-state index contributed by atoms with van der Waals surface area (Å²) in [6, 6.07) is 6.94. The smallest absolute Gasteiger partial charge is 0.323 e. The molecule has 31 heavy (non-hydrogen) atoms.